The number of rotatable bonds is 3. The largest absolute Gasteiger partial charge is 0.325 e. The normalized spacial score (nSPS) is 19.2. The third-order valence-electron chi connectivity index (χ3n) is 3.19. The van der Waals surface area contributed by atoms with E-state index in [2.05, 4.69) is 10.6 Å². The van der Waals surface area contributed by atoms with Crippen LogP contribution >= 0.6 is 12.4 Å². The second kappa shape index (κ2) is 7.52. The number of amides is 1. The van der Waals surface area contributed by atoms with Gasteiger partial charge in [0.05, 0.1) is 6.54 Å². The van der Waals surface area contributed by atoms with Crippen molar-refractivity contribution in [3.8, 4) is 0 Å². The molecule has 1 atom stereocenters. The quantitative estimate of drug-likeness (QED) is 0.892. The van der Waals surface area contributed by atoms with Gasteiger partial charge in [-0.25, -0.2) is 8.78 Å². The third-order valence-corrected chi connectivity index (χ3v) is 3.19. The zero-order chi connectivity index (χ0) is 13.8. The van der Waals surface area contributed by atoms with Crippen LogP contribution in [-0.4, -0.2) is 43.0 Å². The van der Waals surface area contributed by atoms with Crippen LogP contribution < -0.4 is 10.6 Å². The van der Waals surface area contributed by atoms with Crippen LogP contribution in [0.15, 0.2) is 18.2 Å². The van der Waals surface area contributed by atoms with E-state index in [0.717, 1.165) is 31.8 Å². The van der Waals surface area contributed by atoms with E-state index in [-0.39, 0.29) is 36.6 Å². The number of piperazine rings is 1. The number of carbonyl (C=O) groups excluding carboxylic acids is 1. The molecule has 7 heteroatoms. The summed E-state index contributed by atoms with van der Waals surface area (Å²) in [7, 11) is 0. The molecule has 0 saturated carbocycles. The Morgan fingerprint density at radius 1 is 1.45 bits per heavy atom. The maximum Gasteiger partial charge on any atom is 0.238 e. The molecule has 1 unspecified atom stereocenters. The lowest BCUT2D eigenvalue weighted by atomic mass is 10.2. The van der Waals surface area contributed by atoms with E-state index in [1.54, 1.807) is 0 Å². The minimum absolute atomic E-state index is 0. The predicted molar refractivity (Wildman–Crippen MR) is 76.1 cm³/mol. The molecule has 2 rings (SSSR count). The van der Waals surface area contributed by atoms with Crippen LogP contribution in [0.3, 0.4) is 0 Å². The molecular weight excluding hydrogens is 288 g/mol. The van der Waals surface area contributed by atoms with E-state index in [9.17, 15) is 13.6 Å². The van der Waals surface area contributed by atoms with Crippen LogP contribution in [0.25, 0.3) is 0 Å². The van der Waals surface area contributed by atoms with Gasteiger partial charge in [0.25, 0.3) is 0 Å². The minimum Gasteiger partial charge on any atom is -0.325 e. The van der Waals surface area contributed by atoms with Crippen molar-refractivity contribution in [3.63, 3.8) is 0 Å². The van der Waals surface area contributed by atoms with Crippen molar-refractivity contribution in [3.05, 3.63) is 29.8 Å². The number of nitrogens with one attached hydrogen (secondary N) is 2. The SMILES string of the molecule is CC1CNCCN1CC(=O)Nc1ccc(F)c(F)c1.Cl. The summed E-state index contributed by atoms with van der Waals surface area (Å²) >= 11 is 0. The molecule has 1 saturated heterocycles. The number of anilines is 1. The van der Waals surface area contributed by atoms with Crippen LogP contribution in [0.1, 0.15) is 6.92 Å². The number of hydrogen-bond acceptors (Lipinski definition) is 3. The van der Waals surface area contributed by atoms with Gasteiger partial charge in [-0.2, -0.15) is 0 Å². The van der Waals surface area contributed by atoms with Crippen molar-refractivity contribution < 1.29 is 13.6 Å². The van der Waals surface area contributed by atoms with Gasteiger partial charge >= 0.3 is 0 Å². The highest BCUT2D eigenvalue weighted by molar-refractivity contribution is 5.92. The molecule has 1 amide bonds. The van der Waals surface area contributed by atoms with E-state index >= 15 is 0 Å². The number of carbonyl (C=O) groups is 1. The Morgan fingerprint density at radius 3 is 2.85 bits per heavy atom. The number of hydrogen-bond donors (Lipinski definition) is 2. The van der Waals surface area contributed by atoms with Crippen molar-refractivity contribution in [1.82, 2.24) is 10.2 Å². The molecule has 1 heterocycles. The summed E-state index contributed by atoms with van der Waals surface area (Å²) in [4.78, 5) is 13.9. The fourth-order valence-electron chi connectivity index (χ4n) is 2.08. The molecule has 2 N–H and O–H groups in total. The van der Waals surface area contributed by atoms with E-state index in [1.807, 2.05) is 11.8 Å². The molecule has 1 aromatic rings. The summed E-state index contributed by atoms with van der Waals surface area (Å²) in [5.74, 6) is -2.11. The Balaban J connectivity index is 0.00000200. The van der Waals surface area contributed by atoms with Gasteiger partial charge in [-0.15, -0.1) is 12.4 Å². The van der Waals surface area contributed by atoms with Gasteiger partial charge in [0, 0.05) is 37.4 Å². The molecule has 4 nitrogen and oxygen atoms in total. The highest BCUT2D eigenvalue weighted by Crippen LogP contribution is 2.13. The molecule has 0 spiro atoms. The van der Waals surface area contributed by atoms with Gasteiger partial charge in [0.15, 0.2) is 11.6 Å². The second-order valence-electron chi connectivity index (χ2n) is 4.70. The standard InChI is InChI=1S/C13H17F2N3O.ClH/c1-9-7-16-4-5-18(9)8-13(19)17-10-2-3-11(14)12(15)6-10;/h2-3,6,9,16H,4-5,7-8H2,1H3,(H,17,19);1H. The minimum atomic E-state index is -0.964. The van der Waals surface area contributed by atoms with Gasteiger partial charge in [-0.1, -0.05) is 0 Å². The Morgan fingerprint density at radius 2 is 2.20 bits per heavy atom. The molecule has 0 aliphatic carbocycles. The maximum absolute atomic E-state index is 13.0. The lowest BCUT2D eigenvalue weighted by Crippen LogP contribution is -2.51. The molecule has 1 aliphatic heterocycles. The zero-order valence-corrected chi connectivity index (χ0v) is 12.0. The Kier molecular flexibility index (Phi) is 6.32. The van der Waals surface area contributed by atoms with Gasteiger partial charge in [0.1, 0.15) is 0 Å². The van der Waals surface area contributed by atoms with Crippen LogP contribution in [0.4, 0.5) is 14.5 Å². The van der Waals surface area contributed by atoms with Crippen LogP contribution in [0.5, 0.6) is 0 Å². The van der Waals surface area contributed by atoms with Gasteiger partial charge in [-0.05, 0) is 19.1 Å². The topological polar surface area (TPSA) is 44.4 Å². The first kappa shape index (κ1) is 16.8. The highest BCUT2D eigenvalue weighted by Gasteiger charge is 2.20. The summed E-state index contributed by atoms with van der Waals surface area (Å²) < 4.78 is 25.8. The molecule has 1 aliphatic rings. The second-order valence-corrected chi connectivity index (χ2v) is 4.70. The van der Waals surface area contributed by atoms with Gasteiger partial charge < -0.3 is 10.6 Å². The number of nitrogens with zero attached hydrogens (tertiary/aromatic N) is 1. The Hall–Kier alpha value is -1.24. The molecule has 1 fully saturated rings. The molecule has 1 aromatic carbocycles. The molecular formula is C13H18ClF2N3O. The van der Waals surface area contributed by atoms with Crippen molar-refractivity contribution >= 4 is 24.0 Å². The van der Waals surface area contributed by atoms with Crippen molar-refractivity contribution in [1.29, 1.82) is 0 Å². The summed E-state index contributed by atoms with van der Waals surface area (Å²) in [6.45, 7) is 4.78. The Bertz CT molecular complexity index is 473. The summed E-state index contributed by atoms with van der Waals surface area (Å²) in [6, 6.07) is 3.61. The maximum atomic E-state index is 13.0. The van der Waals surface area contributed by atoms with Crippen molar-refractivity contribution in [2.75, 3.05) is 31.5 Å². The predicted octanol–water partition coefficient (Wildman–Crippen LogP) is 1.62. The average Bonchev–Trinajstić information content (AvgIpc) is 2.37. The molecule has 20 heavy (non-hydrogen) atoms. The Labute approximate surface area is 122 Å². The third kappa shape index (κ3) is 4.40. The van der Waals surface area contributed by atoms with E-state index in [4.69, 9.17) is 0 Å². The number of halogens is 3. The van der Waals surface area contributed by atoms with Gasteiger partial charge in [-0.3, -0.25) is 9.69 Å². The van der Waals surface area contributed by atoms with Crippen LogP contribution in [0, 0.1) is 11.6 Å². The first-order valence-corrected chi connectivity index (χ1v) is 6.26. The highest BCUT2D eigenvalue weighted by atomic mass is 35.5. The van der Waals surface area contributed by atoms with Crippen molar-refractivity contribution in [2.24, 2.45) is 0 Å². The fraction of sp³-hybridized carbons (Fsp3) is 0.462. The van der Waals surface area contributed by atoms with E-state index in [1.165, 1.54) is 6.07 Å². The summed E-state index contributed by atoms with van der Waals surface area (Å²) in [6.07, 6.45) is 0. The summed E-state index contributed by atoms with van der Waals surface area (Å²) in [5.41, 5.74) is 0.270. The molecule has 0 radical (unpaired) electrons. The van der Waals surface area contributed by atoms with Gasteiger partial charge in [0.2, 0.25) is 5.91 Å². The monoisotopic (exact) mass is 305 g/mol. The lowest BCUT2D eigenvalue weighted by Gasteiger charge is -2.33. The lowest BCUT2D eigenvalue weighted by molar-refractivity contribution is -0.118. The molecule has 0 aromatic heterocycles. The summed E-state index contributed by atoms with van der Waals surface area (Å²) in [5, 5.41) is 5.81. The molecule has 112 valence electrons. The molecule has 0 bridgehead atoms. The average molecular weight is 306 g/mol. The van der Waals surface area contributed by atoms with Crippen molar-refractivity contribution in [2.45, 2.75) is 13.0 Å². The fourth-order valence-corrected chi connectivity index (χ4v) is 2.08. The smallest absolute Gasteiger partial charge is 0.238 e. The van der Waals surface area contributed by atoms with Crippen LogP contribution in [0.2, 0.25) is 0 Å². The van der Waals surface area contributed by atoms with Crippen LogP contribution in [-0.2, 0) is 4.79 Å². The first-order chi connectivity index (χ1) is 9.06. The van der Waals surface area contributed by atoms with E-state index < -0.39 is 11.6 Å². The van der Waals surface area contributed by atoms with E-state index in [0.29, 0.717) is 0 Å². The zero-order valence-electron chi connectivity index (χ0n) is 11.2. The first-order valence-electron chi connectivity index (χ1n) is 6.26. The number of benzene rings is 1.